The Kier molecular flexibility index (Phi) is 1.66. The van der Waals surface area contributed by atoms with Gasteiger partial charge in [0.1, 0.15) is 11.9 Å². The quantitative estimate of drug-likeness (QED) is 0.548. The van der Waals surface area contributed by atoms with Gasteiger partial charge < -0.3 is 14.6 Å². The predicted molar refractivity (Wildman–Crippen MR) is 39.1 cm³/mol. The van der Waals surface area contributed by atoms with Gasteiger partial charge >= 0.3 is 0 Å². The summed E-state index contributed by atoms with van der Waals surface area (Å²) < 4.78 is 9.98. The van der Waals surface area contributed by atoms with Crippen molar-refractivity contribution in [1.29, 1.82) is 0 Å². The van der Waals surface area contributed by atoms with Crippen LogP contribution in [0.2, 0.25) is 0 Å². The van der Waals surface area contributed by atoms with Gasteiger partial charge in [-0.1, -0.05) is 6.92 Å². The third-order valence-electron chi connectivity index (χ3n) is 2.29. The Bertz CT molecular complexity index is 256. The maximum absolute atomic E-state index is 11.4. The lowest BCUT2D eigenvalue weighted by Crippen LogP contribution is -2.19. The fourth-order valence-corrected chi connectivity index (χ4v) is 1.51. The largest absolute Gasteiger partial charge is 0.469 e. The van der Waals surface area contributed by atoms with Crippen LogP contribution in [-0.2, 0) is 14.3 Å². The molecular formula is C8H10O4. The Balaban J connectivity index is 2.35. The van der Waals surface area contributed by atoms with Crippen molar-refractivity contribution < 1.29 is 19.4 Å². The number of hydrogen-bond acceptors (Lipinski definition) is 4. The van der Waals surface area contributed by atoms with Crippen molar-refractivity contribution in [2.75, 3.05) is 13.4 Å². The van der Waals surface area contributed by atoms with E-state index >= 15 is 0 Å². The highest BCUT2D eigenvalue weighted by molar-refractivity contribution is 6.01. The van der Waals surface area contributed by atoms with Crippen LogP contribution in [0.3, 0.4) is 0 Å². The SMILES string of the molecule is CC1C(=O)C2=C(OCOC2)C1O. The second-order valence-corrected chi connectivity index (χ2v) is 3.05. The molecule has 0 aromatic heterocycles. The molecular weight excluding hydrogens is 160 g/mol. The minimum atomic E-state index is -0.767. The number of aliphatic hydroxyl groups excluding tert-OH is 1. The number of rotatable bonds is 0. The fraction of sp³-hybridized carbons (Fsp3) is 0.625. The first kappa shape index (κ1) is 7.76. The van der Waals surface area contributed by atoms with Crippen LogP contribution in [0.5, 0.6) is 0 Å². The van der Waals surface area contributed by atoms with E-state index in [0.717, 1.165) is 0 Å². The molecule has 1 heterocycles. The van der Waals surface area contributed by atoms with E-state index in [1.165, 1.54) is 0 Å². The van der Waals surface area contributed by atoms with E-state index in [2.05, 4.69) is 0 Å². The molecule has 2 unspecified atom stereocenters. The first-order valence-electron chi connectivity index (χ1n) is 3.87. The van der Waals surface area contributed by atoms with Crippen LogP contribution in [0.1, 0.15) is 6.92 Å². The van der Waals surface area contributed by atoms with Crippen LogP contribution < -0.4 is 0 Å². The van der Waals surface area contributed by atoms with Crippen LogP contribution in [0.25, 0.3) is 0 Å². The summed E-state index contributed by atoms with van der Waals surface area (Å²) in [4.78, 5) is 11.4. The molecule has 66 valence electrons. The van der Waals surface area contributed by atoms with Crippen LogP contribution in [0.4, 0.5) is 0 Å². The third-order valence-corrected chi connectivity index (χ3v) is 2.29. The predicted octanol–water partition coefficient (Wildman–Crippen LogP) is -0.176. The minimum Gasteiger partial charge on any atom is -0.469 e. The molecule has 0 bridgehead atoms. The molecule has 12 heavy (non-hydrogen) atoms. The van der Waals surface area contributed by atoms with Crippen LogP contribution in [0, 0.1) is 5.92 Å². The maximum Gasteiger partial charge on any atom is 0.189 e. The van der Waals surface area contributed by atoms with E-state index in [1.54, 1.807) is 6.92 Å². The van der Waals surface area contributed by atoms with Gasteiger partial charge in [-0.2, -0.15) is 0 Å². The van der Waals surface area contributed by atoms with Gasteiger partial charge in [0.05, 0.1) is 18.1 Å². The van der Waals surface area contributed by atoms with Gasteiger partial charge in [-0.3, -0.25) is 4.79 Å². The van der Waals surface area contributed by atoms with Gasteiger partial charge in [0.25, 0.3) is 0 Å². The zero-order valence-electron chi connectivity index (χ0n) is 6.74. The summed E-state index contributed by atoms with van der Waals surface area (Å²) in [6.07, 6.45) is -0.767. The molecule has 1 aliphatic heterocycles. The smallest absolute Gasteiger partial charge is 0.189 e. The average molecular weight is 170 g/mol. The molecule has 0 radical (unpaired) electrons. The standard InChI is InChI=1S/C8H10O4/c1-4-6(9)5-2-11-3-12-8(5)7(4)10/h4,7,10H,2-3H2,1H3. The molecule has 0 saturated carbocycles. The molecule has 0 amide bonds. The van der Waals surface area contributed by atoms with Gasteiger partial charge in [0, 0.05) is 0 Å². The first-order chi connectivity index (χ1) is 5.72. The lowest BCUT2D eigenvalue weighted by atomic mass is 10.1. The fourth-order valence-electron chi connectivity index (χ4n) is 1.51. The minimum absolute atomic E-state index is 0.0581. The van der Waals surface area contributed by atoms with E-state index in [1.807, 2.05) is 0 Å². The van der Waals surface area contributed by atoms with E-state index in [4.69, 9.17) is 9.47 Å². The second kappa shape index (κ2) is 2.57. The Morgan fingerprint density at radius 2 is 2.33 bits per heavy atom. The third kappa shape index (κ3) is 0.884. The Morgan fingerprint density at radius 3 is 3.00 bits per heavy atom. The summed E-state index contributed by atoms with van der Waals surface area (Å²) in [6, 6.07) is 0. The highest BCUT2D eigenvalue weighted by Gasteiger charge is 2.40. The molecule has 0 aromatic rings. The van der Waals surface area contributed by atoms with Gasteiger partial charge in [-0.05, 0) is 0 Å². The van der Waals surface area contributed by atoms with Gasteiger partial charge in [-0.15, -0.1) is 0 Å². The number of carbonyl (C=O) groups excluding carboxylic acids is 1. The van der Waals surface area contributed by atoms with Crippen LogP contribution in [0.15, 0.2) is 11.3 Å². The molecule has 1 aliphatic carbocycles. The Morgan fingerprint density at radius 1 is 1.58 bits per heavy atom. The summed E-state index contributed by atoms with van der Waals surface area (Å²) in [5.74, 6) is -0.0207. The van der Waals surface area contributed by atoms with Crippen LogP contribution >= 0.6 is 0 Å². The Hall–Kier alpha value is -0.870. The molecule has 2 rings (SSSR count). The van der Waals surface area contributed by atoms with Crippen molar-refractivity contribution >= 4 is 5.78 Å². The number of carbonyl (C=O) groups is 1. The van der Waals surface area contributed by atoms with Crippen molar-refractivity contribution in [3.8, 4) is 0 Å². The van der Waals surface area contributed by atoms with E-state index < -0.39 is 6.10 Å². The second-order valence-electron chi connectivity index (χ2n) is 3.05. The lowest BCUT2D eigenvalue weighted by molar-refractivity contribution is -0.120. The monoisotopic (exact) mass is 170 g/mol. The number of aliphatic hydroxyl groups is 1. The molecule has 4 heteroatoms. The lowest BCUT2D eigenvalue weighted by Gasteiger charge is -2.17. The zero-order chi connectivity index (χ0) is 8.72. The number of Topliss-reactive ketones (excluding diaryl/α,β-unsaturated/α-hetero) is 1. The zero-order valence-corrected chi connectivity index (χ0v) is 6.74. The molecule has 0 aromatic carbocycles. The van der Waals surface area contributed by atoms with E-state index in [-0.39, 0.29) is 25.1 Å². The summed E-state index contributed by atoms with van der Waals surface area (Å²) in [5, 5.41) is 9.50. The molecule has 2 atom stereocenters. The maximum atomic E-state index is 11.4. The molecule has 2 aliphatic rings. The Labute approximate surface area is 69.8 Å². The topological polar surface area (TPSA) is 55.8 Å². The molecule has 1 N–H and O–H groups in total. The van der Waals surface area contributed by atoms with Crippen molar-refractivity contribution in [2.24, 2.45) is 5.92 Å². The molecule has 0 saturated heterocycles. The van der Waals surface area contributed by atoms with Crippen LogP contribution in [-0.4, -0.2) is 30.4 Å². The number of ketones is 1. The number of ether oxygens (including phenoxy) is 2. The van der Waals surface area contributed by atoms with Crippen molar-refractivity contribution in [1.82, 2.24) is 0 Å². The van der Waals surface area contributed by atoms with Crippen molar-refractivity contribution in [2.45, 2.75) is 13.0 Å². The number of hydrogen-bond donors (Lipinski definition) is 1. The normalized spacial score (nSPS) is 35.0. The summed E-state index contributed by atoms with van der Waals surface area (Å²) in [6.45, 7) is 2.10. The molecule has 0 fully saturated rings. The first-order valence-corrected chi connectivity index (χ1v) is 3.87. The summed E-state index contributed by atoms with van der Waals surface area (Å²) in [5.41, 5.74) is 0.501. The van der Waals surface area contributed by atoms with Crippen molar-refractivity contribution in [3.63, 3.8) is 0 Å². The van der Waals surface area contributed by atoms with E-state index in [9.17, 15) is 9.90 Å². The summed E-state index contributed by atoms with van der Waals surface area (Å²) in [7, 11) is 0. The summed E-state index contributed by atoms with van der Waals surface area (Å²) >= 11 is 0. The molecule has 0 spiro atoms. The highest BCUT2D eigenvalue weighted by Crippen LogP contribution is 2.31. The van der Waals surface area contributed by atoms with Gasteiger partial charge in [0.15, 0.2) is 12.6 Å². The highest BCUT2D eigenvalue weighted by atomic mass is 16.7. The molecule has 4 nitrogen and oxygen atoms in total. The van der Waals surface area contributed by atoms with Crippen molar-refractivity contribution in [3.05, 3.63) is 11.3 Å². The van der Waals surface area contributed by atoms with Gasteiger partial charge in [-0.25, -0.2) is 0 Å². The van der Waals surface area contributed by atoms with E-state index in [0.29, 0.717) is 11.3 Å². The average Bonchev–Trinajstić information content (AvgIpc) is 2.33. The van der Waals surface area contributed by atoms with Gasteiger partial charge in [0.2, 0.25) is 0 Å².